The Bertz CT molecular complexity index is 595. The van der Waals surface area contributed by atoms with Crippen LogP contribution < -0.4 is 5.32 Å². The lowest BCUT2D eigenvalue weighted by molar-refractivity contribution is -0.138. The first-order valence-corrected chi connectivity index (χ1v) is 9.26. The molecule has 1 aromatic carbocycles. The zero-order chi connectivity index (χ0) is 17.7. The third-order valence-corrected chi connectivity index (χ3v) is 5.44. The van der Waals surface area contributed by atoms with Crippen molar-refractivity contribution in [1.82, 2.24) is 4.90 Å². The molecule has 1 saturated heterocycles. The summed E-state index contributed by atoms with van der Waals surface area (Å²) in [5.74, 6) is 0.225. The molecule has 0 aliphatic carbocycles. The zero-order valence-electron chi connectivity index (χ0n) is 14.1. The first-order valence-electron chi connectivity index (χ1n) is 8.50. The standard InChI is InChI=1S/C18H24Cl2N2O2/c1-3-12(4-2)18(24)22-9-7-13(8-10-22)17(23)21-14-5-6-15(19)16(20)11-14/h5-6,11-13H,3-4,7-10H2,1-2H3,(H,21,23). The number of benzene rings is 1. The molecular weight excluding hydrogens is 347 g/mol. The minimum absolute atomic E-state index is 0.0250. The van der Waals surface area contributed by atoms with Gasteiger partial charge in [0.2, 0.25) is 11.8 Å². The quantitative estimate of drug-likeness (QED) is 0.822. The van der Waals surface area contributed by atoms with Gasteiger partial charge >= 0.3 is 0 Å². The lowest BCUT2D eigenvalue weighted by atomic mass is 9.93. The number of amides is 2. The Morgan fingerprint density at radius 1 is 1.17 bits per heavy atom. The second kappa shape index (κ2) is 8.72. The number of anilines is 1. The molecule has 24 heavy (non-hydrogen) atoms. The van der Waals surface area contributed by atoms with Gasteiger partial charge in [0.1, 0.15) is 0 Å². The zero-order valence-corrected chi connectivity index (χ0v) is 15.7. The van der Waals surface area contributed by atoms with Crippen LogP contribution in [0.2, 0.25) is 10.0 Å². The molecule has 1 aliphatic rings. The summed E-state index contributed by atoms with van der Waals surface area (Å²) in [5.41, 5.74) is 0.643. The van der Waals surface area contributed by atoms with Gasteiger partial charge < -0.3 is 10.2 Å². The Morgan fingerprint density at radius 3 is 2.33 bits per heavy atom. The van der Waals surface area contributed by atoms with Crippen LogP contribution >= 0.6 is 23.2 Å². The number of carbonyl (C=O) groups excluding carboxylic acids is 2. The highest BCUT2D eigenvalue weighted by molar-refractivity contribution is 6.42. The first-order chi connectivity index (χ1) is 11.5. The summed E-state index contributed by atoms with van der Waals surface area (Å²) in [4.78, 5) is 26.7. The molecule has 1 aromatic rings. The van der Waals surface area contributed by atoms with E-state index in [1.54, 1.807) is 18.2 Å². The topological polar surface area (TPSA) is 49.4 Å². The molecule has 0 radical (unpaired) electrons. The minimum Gasteiger partial charge on any atom is -0.342 e. The normalized spacial score (nSPS) is 15.6. The van der Waals surface area contributed by atoms with Crippen molar-refractivity contribution in [2.45, 2.75) is 39.5 Å². The minimum atomic E-state index is -0.0785. The molecule has 6 heteroatoms. The monoisotopic (exact) mass is 370 g/mol. The van der Waals surface area contributed by atoms with Crippen molar-refractivity contribution < 1.29 is 9.59 Å². The Balaban J connectivity index is 1.88. The van der Waals surface area contributed by atoms with E-state index >= 15 is 0 Å². The van der Waals surface area contributed by atoms with E-state index in [2.05, 4.69) is 5.32 Å². The predicted molar refractivity (Wildman–Crippen MR) is 98.5 cm³/mol. The van der Waals surface area contributed by atoms with E-state index in [9.17, 15) is 9.59 Å². The highest BCUT2D eigenvalue weighted by atomic mass is 35.5. The average Bonchev–Trinajstić information content (AvgIpc) is 2.59. The van der Waals surface area contributed by atoms with E-state index in [1.165, 1.54) is 0 Å². The Morgan fingerprint density at radius 2 is 1.79 bits per heavy atom. The molecule has 1 N–H and O–H groups in total. The van der Waals surface area contributed by atoms with E-state index in [0.29, 0.717) is 41.7 Å². The van der Waals surface area contributed by atoms with Gasteiger partial charge in [-0.25, -0.2) is 0 Å². The van der Waals surface area contributed by atoms with Gasteiger partial charge in [-0.1, -0.05) is 37.0 Å². The van der Waals surface area contributed by atoms with Crippen molar-refractivity contribution in [2.24, 2.45) is 11.8 Å². The molecule has 0 bridgehead atoms. The van der Waals surface area contributed by atoms with Crippen LogP contribution in [-0.4, -0.2) is 29.8 Å². The summed E-state index contributed by atoms with van der Waals surface area (Å²) in [6, 6.07) is 5.04. The molecule has 0 atom stereocenters. The molecule has 0 saturated carbocycles. The molecule has 2 amide bonds. The molecule has 1 heterocycles. The van der Waals surface area contributed by atoms with Gasteiger partial charge in [-0.05, 0) is 43.9 Å². The molecule has 132 valence electrons. The number of nitrogens with one attached hydrogen (secondary N) is 1. The maximum Gasteiger partial charge on any atom is 0.227 e. The van der Waals surface area contributed by atoms with Gasteiger partial charge in [-0.2, -0.15) is 0 Å². The average molecular weight is 371 g/mol. The molecule has 0 unspecified atom stereocenters. The molecule has 1 fully saturated rings. The number of piperidine rings is 1. The molecule has 1 aliphatic heterocycles. The highest BCUT2D eigenvalue weighted by Crippen LogP contribution is 2.26. The van der Waals surface area contributed by atoms with Crippen molar-refractivity contribution in [2.75, 3.05) is 18.4 Å². The molecule has 0 aromatic heterocycles. The molecule has 0 spiro atoms. The largest absolute Gasteiger partial charge is 0.342 e. The summed E-state index contributed by atoms with van der Waals surface area (Å²) in [5, 5.41) is 3.76. The van der Waals surface area contributed by atoms with E-state index < -0.39 is 0 Å². The maximum absolute atomic E-state index is 12.4. The predicted octanol–water partition coefficient (Wildman–Crippen LogP) is 4.61. The Kier molecular flexibility index (Phi) is 6.93. The fourth-order valence-corrected chi connectivity index (χ4v) is 3.37. The van der Waals surface area contributed by atoms with Crippen molar-refractivity contribution in [3.8, 4) is 0 Å². The number of hydrogen-bond acceptors (Lipinski definition) is 2. The van der Waals surface area contributed by atoms with Crippen molar-refractivity contribution >= 4 is 40.7 Å². The summed E-state index contributed by atoms with van der Waals surface area (Å²) in [6.45, 7) is 5.39. The van der Waals surface area contributed by atoms with Crippen LogP contribution in [0.25, 0.3) is 0 Å². The molecule has 2 rings (SSSR count). The van der Waals surface area contributed by atoms with Crippen molar-refractivity contribution in [3.63, 3.8) is 0 Å². The lowest BCUT2D eigenvalue weighted by Gasteiger charge is -2.33. The van der Waals surface area contributed by atoms with Gasteiger partial charge in [-0.3, -0.25) is 9.59 Å². The van der Waals surface area contributed by atoms with Gasteiger partial charge in [0, 0.05) is 30.6 Å². The van der Waals surface area contributed by atoms with Gasteiger partial charge in [0.25, 0.3) is 0 Å². The first kappa shape index (κ1) is 19.1. The second-order valence-corrected chi connectivity index (χ2v) is 7.05. The number of carbonyl (C=O) groups is 2. The number of rotatable bonds is 5. The van der Waals surface area contributed by atoms with Gasteiger partial charge in [-0.15, -0.1) is 0 Å². The van der Waals surface area contributed by atoms with Crippen LogP contribution in [0, 0.1) is 11.8 Å². The molecular formula is C18H24Cl2N2O2. The van der Waals surface area contributed by atoms with Crippen molar-refractivity contribution in [1.29, 1.82) is 0 Å². The van der Waals surface area contributed by atoms with Crippen LogP contribution in [0.1, 0.15) is 39.5 Å². The Hall–Kier alpha value is -1.26. The van der Waals surface area contributed by atoms with Crippen molar-refractivity contribution in [3.05, 3.63) is 28.2 Å². The number of hydrogen-bond donors (Lipinski definition) is 1. The van der Waals surface area contributed by atoms with E-state index in [0.717, 1.165) is 12.8 Å². The van der Waals surface area contributed by atoms with Gasteiger partial charge in [0.15, 0.2) is 0 Å². The van der Waals surface area contributed by atoms with Gasteiger partial charge in [0.05, 0.1) is 10.0 Å². The summed E-state index contributed by atoms with van der Waals surface area (Å²) in [6.07, 6.45) is 3.12. The maximum atomic E-state index is 12.4. The highest BCUT2D eigenvalue weighted by Gasteiger charge is 2.29. The summed E-state index contributed by atoms with van der Waals surface area (Å²) in [7, 11) is 0. The van der Waals surface area contributed by atoms with E-state index in [1.807, 2.05) is 18.7 Å². The molecule has 4 nitrogen and oxygen atoms in total. The Labute approximate surface area is 153 Å². The lowest BCUT2D eigenvalue weighted by Crippen LogP contribution is -2.43. The number of halogens is 2. The summed E-state index contributed by atoms with van der Waals surface area (Å²) < 4.78 is 0. The van der Waals surface area contributed by atoms with Crippen LogP contribution in [-0.2, 0) is 9.59 Å². The van der Waals surface area contributed by atoms with E-state index in [-0.39, 0.29) is 23.7 Å². The number of nitrogens with zero attached hydrogens (tertiary/aromatic N) is 1. The fourth-order valence-electron chi connectivity index (χ4n) is 3.08. The SMILES string of the molecule is CCC(CC)C(=O)N1CCC(C(=O)Nc2ccc(Cl)c(Cl)c2)CC1. The fraction of sp³-hybridized carbons (Fsp3) is 0.556. The third kappa shape index (κ3) is 4.64. The number of likely N-dealkylation sites (tertiary alicyclic amines) is 1. The van der Waals surface area contributed by atoms with Crippen LogP contribution in [0.4, 0.5) is 5.69 Å². The van der Waals surface area contributed by atoms with Crippen LogP contribution in [0.3, 0.4) is 0 Å². The second-order valence-electron chi connectivity index (χ2n) is 6.23. The van der Waals surface area contributed by atoms with Crippen LogP contribution in [0.5, 0.6) is 0 Å². The third-order valence-electron chi connectivity index (χ3n) is 4.70. The van der Waals surface area contributed by atoms with Crippen LogP contribution in [0.15, 0.2) is 18.2 Å². The summed E-state index contributed by atoms with van der Waals surface area (Å²) >= 11 is 11.8. The van der Waals surface area contributed by atoms with E-state index in [4.69, 9.17) is 23.2 Å². The smallest absolute Gasteiger partial charge is 0.227 e.